The molecular weight excluding hydrogens is 164 g/mol. The topological polar surface area (TPSA) is 40.5 Å². The minimum absolute atomic E-state index is 0.118. The number of hydrogen-bond donors (Lipinski definition) is 2. The summed E-state index contributed by atoms with van der Waals surface area (Å²) in [5, 5.41) is 17.8. The standard InChI is InChI=1S/C11H22O2/c1-9(2)5-4-6-10(3)7-11(13)8-12/h5,10-13H,4,6-8H2,1-3H3/t10-,11+/m0/s1. The Bertz CT molecular complexity index is 148. The molecule has 0 saturated heterocycles. The van der Waals surface area contributed by atoms with Crippen molar-refractivity contribution in [2.45, 2.75) is 46.1 Å². The summed E-state index contributed by atoms with van der Waals surface area (Å²) in [5.74, 6) is 0.484. The molecule has 0 aromatic heterocycles. The lowest BCUT2D eigenvalue weighted by molar-refractivity contribution is 0.0752. The SMILES string of the molecule is CC(C)=CCC[C@H](C)C[C@@H](O)CO. The van der Waals surface area contributed by atoms with Gasteiger partial charge in [0.1, 0.15) is 0 Å². The van der Waals surface area contributed by atoms with E-state index in [0.29, 0.717) is 12.3 Å². The van der Waals surface area contributed by atoms with Crippen LogP contribution in [0.4, 0.5) is 0 Å². The van der Waals surface area contributed by atoms with Gasteiger partial charge in [-0.15, -0.1) is 0 Å². The largest absolute Gasteiger partial charge is 0.394 e. The zero-order chi connectivity index (χ0) is 10.3. The van der Waals surface area contributed by atoms with Crippen LogP contribution in [0.3, 0.4) is 0 Å². The molecule has 0 heterocycles. The highest BCUT2D eigenvalue weighted by atomic mass is 16.3. The first-order valence-electron chi connectivity index (χ1n) is 4.98. The van der Waals surface area contributed by atoms with E-state index in [9.17, 15) is 5.11 Å². The molecule has 2 N–H and O–H groups in total. The summed E-state index contributed by atoms with van der Waals surface area (Å²) < 4.78 is 0. The molecule has 0 unspecified atom stereocenters. The predicted molar refractivity (Wildman–Crippen MR) is 55.5 cm³/mol. The maximum atomic E-state index is 9.17. The van der Waals surface area contributed by atoms with Gasteiger partial charge in [0.2, 0.25) is 0 Å². The fourth-order valence-electron chi connectivity index (χ4n) is 1.31. The summed E-state index contributed by atoms with van der Waals surface area (Å²) in [6.45, 7) is 6.17. The van der Waals surface area contributed by atoms with Gasteiger partial charge in [0.25, 0.3) is 0 Å². The summed E-state index contributed by atoms with van der Waals surface area (Å²) in [7, 11) is 0. The summed E-state index contributed by atoms with van der Waals surface area (Å²) in [5.41, 5.74) is 1.34. The number of aliphatic hydroxyl groups is 2. The van der Waals surface area contributed by atoms with Crippen LogP contribution >= 0.6 is 0 Å². The molecule has 0 spiro atoms. The third-order valence-electron chi connectivity index (χ3n) is 2.10. The van der Waals surface area contributed by atoms with E-state index in [1.54, 1.807) is 0 Å². The van der Waals surface area contributed by atoms with Crippen molar-refractivity contribution in [2.75, 3.05) is 6.61 Å². The summed E-state index contributed by atoms with van der Waals surface area (Å²) in [6, 6.07) is 0. The minimum atomic E-state index is -0.540. The maximum Gasteiger partial charge on any atom is 0.0773 e. The normalized spacial score (nSPS) is 15.2. The first-order valence-corrected chi connectivity index (χ1v) is 4.98. The third-order valence-corrected chi connectivity index (χ3v) is 2.10. The Morgan fingerprint density at radius 1 is 1.38 bits per heavy atom. The molecule has 0 bridgehead atoms. The van der Waals surface area contributed by atoms with Gasteiger partial charge in [-0.1, -0.05) is 18.6 Å². The lowest BCUT2D eigenvalue weighted by Gasteiger charge is -2.13. The van der Waals surface area contributed by atoms with Gasteiger partial charge in [0.05, 0.1) is 12.7 Å². The molecular formula is C11H22O2. The zero-order valence-corrected chi connectivity index (χ0v) is 8.95. The van der Waals surface area contributed by atoms with Gasteiger partial charge in [-0.05, 0) is 39.0 Å². The van der Waals surface area contributed by atoms with Crippen LogP contribution < -0.4 is 0 Å². The molecule has 2 atom stereocenters. The van der Waals surface area contributed by atoms with E-state index in [-0.39, 0.29) is 6.61 Å². The zero-order valence-electron chi connectivity index (χ0n) is 8.95. The molecule has 2 nitrogen and oxygen atoms in total. The average molecular weight is 186 g/mol. The molecule has 0 aromatic carbocycles. The summed E-state index contributed by atoms with van der Waals surface area (Å²) in [4.78, 5) is 0. The van der Waals surface area contributed by atoms with Gasteiger partial charge in [0, 0.05) is 0 Å². The molecule has 2 heteroatoms. The van der Waals surface area contributed by atoms with Crippen molar-refractivity contribution in [3.8, 4) is 0 Å². The molecule has 78 valence electrons. The molecule has 0 rings (SSSR count). The highest BCUT2D eigenvalue weighted by Crippen LogP contribution is 2.13. The minimum Gasteiger partial charge on any atom is -0.394 e. The van der Waals surface area contributed by atoms with Crippen molar-refractivity contribution in [3.63, 3.8) is 0 Å². The molecule has 0 saturated carbocycles. The Morgan fingerprint density at radius 2 is 2.00 bits per heavy atom. The Balaban J connectivity index is 3.51. The van der Waals surface area contributed by atoms with E-state index >= 15 is 0 Å². The van der Waals surface area contributed by atoms with Crippen LogP contribution in [0.1, 0.15) is 40.0 Å². The number of allylic oxidation sites excluding steroid dienone is 2. The summed E-state index contributed by atoms with van der Waals surface area (Å²) >= 11 is 0. The lowest BCUT2D eigenvalue weighted by atomic mass is 9.98. The van der Waals surface area contributed by atoms with Crippen LogP contribution in [0, 0.1) is 5.92 Å². The van der Waals surface area contributed by atoms with Crippen LogP contribution in [0.2, 0.25) is 0 Å². The van der Waals surface area contributed by atoms with Gasteiger partial charge in [-0.2, -0.15) is 0 Å². The van der Waals surface area contributed by atoms with Crippen LogP contribution in [0.5, 0.6) is 0 Å². The highest BCUT2D eigenvalue weighted by molar-refractivity contribution is 4.92. The molecule has 0 aromatic rings. The van der Waals surface area contributed by atoms with E-state index < -0.39 is 6.10 Å². The van der Waals surface area contributed by atoms with E-state index in [4.69, 9.17) is 5.11 Å². The monoisotopic (exact) mass is 186 g/mol. The van der Waals surface area contributed by atoms with Crippen LogP contribution in [-0.4, -0.2) is 22.9 Å². The molecule has 0 aliphatic rings. The van der Waals surface area contributed by atoms with Gasteiger partial charge in [-0.3, -0.25) is 0 Å². The smallest absolute Gasteiger partial charge is 0.0773 e. The average Bonchev–Trinajstić information content (AvgIpc) is 2.03. The van der Waals surface area contributed by atoms with Gasteiger partial charge >= 0.3 is 0 Å². The van der Waals surface area contributed by atoms with Gasteiger partial charge < -0.3 is 10.2 Å². The van der Waals surface area contributed by atoms with Crippen LogP contribution in [-0.2, 0) is 0 Å². The fourth-order valence-corrected chi connectivity index (χ4v) is 1.31. The number of aliphatic hydroxyl groups excluding tert-OH is 2. The second kappa shape index (κ2) is 7.10. The van der Waals surface area contributed by atoms with Crippen molar-refractivity contribution < 1.29 is 10.2 Å². The second-order valence-corrected chi connectivity index (χ2v) is 4.04. The first-order chi connectivity index (χ1) is 6.06. The summed E-state index contributed by atoms with van der Waals surface area (Å²) in [6.07, 6.45) is 4.53. The molecule has 13 heavy (non-hydrogen) atoms. The van der Waals surface area contributed by atoms with Crippen LogP contribution in [0.15, 0.2) is 11.6 Å². The Kier molecular flexibility index (Phi) is 6.92. The van der Waals surface area contributed by atoms with Gasteiger partial charge in [-0.25, -0.2) is 0 Å². The highest BCUT2D eigenvalue weighted by Gasteiger charge is 2.07. The number of rotatable bonds is 6. The van der Waals surface area contributed by atoms with Gasteiger partial charge in [0.15, 0.2) is 0 Å². The lowest BCUT2D eigenvalue weighted by Crippen LogP contribution is -2.15. The van der Waals surface area contributed by atoms with E-state index in [1.807, 2.05) is 0 Å². The van der Waals surface area contributed by atoms with Crippen molar-refractivity contribution in [1.29, 1.82) is 0 Å². The molecule has 0 aliphatic heterocycles. The Hall–Kier alpha value is -0.340. The number of hydrogen-bond acceptors (Lipinski definition) is 2. The van der Waals surface area contributed by atoms with Crippen molar-refractivity contribution in [2.24, 2.45) is 5.92 Å². The quantitative estimate of drug-likeness (QED) is 0.624. The van der Waals surface area contributed by atoms with Crippen molar-refractivity contribution in [3.05, 3.63) is 11.6 Å². The maximum absolute atomic E-state index is 9.17. The van der Waals surface area contributed by atoms with E-state index in [1.165, 1.54) is 5.57 Å². The molecule has 0 radical (unpaired) electrons. The van der Waals surface area contributed by atoms with Crippen molar-refractivity contribution >= 4 is 0 Å². The first kappa shape index (κ1) is 12.7. The molecule has 0 aliphatic carbocycles. The molecule has 0 amide bonds. The Morgan fingerprint density at radius 3 is 2.46 bits per heavy atom. The van der Waals surface area contributed by atoms with Crippen LogP contribution in [0.25, 0.3) is 0 Å². The van der Waals surface area contributed by atoms with E-state index in [2.05, 4.69) is 26.8 Å². The molecule has 0 fully saturated rings. The second-order valence-electron chi connectivity index (χ2n) is 4.04. The third kappa shape index (κ3) is 8.00. The predicted octanol–water partition coefficient (Wildman–Crippen LogP) is 2.11. The Labute approximate surface area is 81.3 Å². The van der Waals surface area contributed by atoms with E-state index in [0.717, 1.165) is 12.8 Å². The van der Waals surface area contributed by atoms with Crippen molar-refractivity contribution in [1.82, 2.24) is 0 Å². The fraction of sp³-hybridized carbons (Fsp3) is 0.818.